The molecule has 0 aliphatic heterocycles. The van der Waals surface area contributed by atoms with E-state index < -0.39 is 0 Å². The van der Waals surface area contributed by atoms with Crippen LogP contribution in [0.2, 0.25) is 0 Å². The van der Waals surface area contributed by atoms with Gasteiger partial charge in [-0.05, 0) is 24.3 Å². The topological polar surface area (TPSA) is 80.7 Å². The molecule has 0 radical (unpaired) electrons. The molecule has 6 nitrogen and oxygen atoms in total. The van der Waals surface area contributed by atoms with E-state index in [0.717, 1.165) is 11.4 Å². The summed E-state index contributed by atoms with van der Waals surface area (Å²) in [4.78, 5) is 1.40. The molecule has 1 aromatic heterocycles. The standard InChI is InChI=1S/C16H10N6/c17-11-13(12-18)16-19-22(15-9-5-2-6-10-15)20-21(16)14-7-3-1-4-8-14/h1-10H. The zero-order valence-electron chi connectivity index (χ0n) is 11.5. The molecule has 0 saturated carbocycles. The summed E-state index contributed by atoms with van der Waals surface area (Å²) < 4.78 is 1.48. The van der Waals surface area contributed by atoms with Gasteiger partial charge in [0.15, 0.2) is 11.3 Å². The molecule has 6 heteroatoms. The molecular formula is C16H10N6. The van der Waals surface area contributed by atoms with Crippen LogP contribution >= 0.6 is 0 Å². The van der Waals surface area contributed by atoms with Gasteiger partial charge in [0.2, 0.25) is 0 Å². The second-order valence-electron chi connectivity index (χ2n) is 4.38. The van der Waals surface area contributed by atoms with Crippen LogP contribution in [0.15, 0.2) is 60.7 Å². The van der Waals surface area contributed by atoms with E-state index in [1.54, 1.807) is 0 Å². The Kier molecular flexibility index (Phi) is 3.56. The lowest BCUT2D eigenvalue weighted by molar-refractivity contribution is -0.663. The van der Waals surface area contributed by atoms with Crippen molar-refractivity contribution in [3.05, 3.63) is 71.9 Å². The predicted octanol–water partition coefficient (Wildman–Crippen LogP) is 1.69. The number of nitriles is 1. The molecule has 22 heavy (non-hydrogen) atoms. The first-order valence-corrected chi connectivity index (χ1v) is 6.51. The zero-order chi connectivity index (χ0) is 15.4. The van der Waals surface area contributed by atoms with Crippen LogP contribution in [0.3, 0.4) is 0 Å². The number of rotatable bonds is 3. The van der Waals surface area contributed by atoms with Crippen molar-refractivity contribution in [1.29, 1.82) is 5.26 Å². The molecule has 0 N–H and O–H groups in total. The van der Waals surface area contributed by atoms with Crippen molar-refractivity contribution in [1.82, 2.24) is 15.1 Å². The van der Waals surface area contributed by atoms with Crippen molar-refractivity contribution in [2.24, 2.45) is 0 Å². The maximum atomic E-state index is 9.13. The lowest BCUT2D eigenvalue weighted by Crippen LogP contribution is -2.37. The second-order valence-corrected chi connectivity index (χ2v) is 4.38. The molecule has 0 amide bonds. The summed E-state index contributed by atoms with van der Waals surface area (Å²) in [6.45, 7) is 0. The summed E-state index contributed by atoms with van der Waals surface area (Å²) in [5, 5.41) is 26.9. The van der Waals surface area contributed by atoms with E-state index in [-0.39, 0.29) is 11.4 Å². The molecule has 0 unspecified atom stereocenters. The van der Waals surface area contributed by atoms with Gasteiger partial charge in [-0.25, -0.2) is 5.87 Å². The highest BCUT2D eigenvalue weighted by Gasteiger charge is 2.24. The van der Waals surface area contributed by atoms with Gasteiger partial charge in [-0.3, -0.25) is 0 Å². The summed E-state index contributed by atoms with van der Waals surface area (Å²) in [6, 6.07) is 20.4. The van der Waals surface area contributed by atoms with E-state index in [1.165, 1.54) is 9.48 Å². The van der Waals surface area contributed by atoms with Gasteiger partial charge >= 0.3 is 5.82 Å². The minimum Gasteiger partial charge on any atom is -0.762 e. The molecular weight excluding hydrogens is 276 g/mol. The first-order chi connectivity index (χ1) is 10.8. The molecule has 0 aliphatic rings. The normalized spacial score (nSPS) is 9.77. The van der Waals surface area contributed by atoms with Crippen LogP contribution in [0.5, 0.6) is 0 Å². The van der Waals surface area contributed by atoms with Crippen LogP contribution in [0, 0.1) is 11.3 Å². The Morgan fingerprint density at radius 3 is 2.27 bits per heavy atom. The predicted molar refractivity (Wildman–Crippen MR) is 80.3 cm³/mol. The minimum atomic E-state index is -0.0916. The molecule has 0 spiro atoms. The van der Waals surface area contributed by atoms with Gasteiger partial charge in [0.05, 0.1) is 10.3 Å². The Balaban J connectivity index is 2.22. The highest BCUT2D eigenvalue weighted by atomic mass is 15.6. The molecule has 3 rings (SSSR count). The molecule has 3 aromatic rings. The van der Waals surface area contributed by atoms with Gasteiger partial charge in [0, 0.05) is 4.80 Å². The number of allylic oxidation sites excluding steroid dienone is 1. The van der Waals surface area contributed by atoms with Gasteiger partial charge < -0.3 is 5.41 Å². The number of para-hydroxylation sites is 2. The van der Waals surface area contributed by atoms with Gasteiger partial charge in [-0.1, -0.05) is 41.1 Å². The summed E-state index contributed by atoms with van der Waals surface area (Å²) in [5.41, 5.74) is 1.38. The van der Waals surface area contributed by atoms with Gasteiger partial charge in [-0.2, -0.15) is 5.26 Å². The second kappa shape index (κ2) is 5.83. The smallest absolute Gasteiger partial charge is 0.352 e. The van der Waals surface area contributed by atoms with Crippen molar-refractivity contribution in [2.75, 3.05) is 0 Å². The lowest BCUT2D eigenvalue weighted by atomic mass is 10.3. The van der Waals surface area contributed by atoms with E-state index in [2.05, 4.69) is 10.3 Å². The summed E-state index contributed by atoms with van der Waals surface area (Å²) >= 11 is 0. The van der Waals surface area contributed by atoms with Gasteiger partial charge in [-0.15, -0.1) is 0 Å². The van der Waals surface area contributed by atoms with Crippen molar-refractivity contribution in [3.63, 3.8) is 0 Å². The van der Waals surface area contributed by atoms with Crippen molar-refractivity contribution < 1.29 is 4.68 Å². The average molecular weight is 286 g/mol. The first-order valence-electron chi connectivity index (χ1n) is 6.51. The molecule has 0 atom stereocenters. The van der Waals surface area contributed by atoms with Crippen molar-refractivity contribution in [2.45, 2.75) is 0 Å². The molecule has 2 aromatic carbocycles. The fourth-order valence-electron chi connectivity index (χ4n) is 1.97. The number of hydrogen-bond acceptors (Lipinski definition) is 3. The molecule has 0 aliphatic carbocycles. The average Bonchev–Trinajstić information content (AvgIpc) is 3.03. The van der Waals surface area contributed by atoms with Crippen LogP contribution in [0.4, 0.5) is 0 Å². The third kappa shape index (κ3) is 2.40. The third-order valence-electron chi connectivity index (χ3n) is 3.00. The highest BCUT2D eigenvalue weighted by Crippen LogP contribution is 2.08. The third-order valence-corrected chi connectivity index (χ3v) is 3.00. The van der Waals surface area contributed by atoms with Crippen LogP contribution in [0.1, 0.15) is 5.82 Å². The van der Waals surface area contributed by atoms with E-state index in [0.29, 0.717) is 0 Å². The van der Waals surface area contributed by atoms with E-state index in [1.807, 2.05) is 72.6 Å². The van der Waals surface area contributed by atoms with Crippen LogP contribution in [0.25, 0.3) is 22.4 Å². The fraction of sp³-hybridized carbons (Fsp3) is 0. The quantitative estimate of drug-likeness (QED) is 0.417. The van der Waals surface area contributed by atoms with E-state index >= 15 is 0 Å². The number of tetrazole rings is 1. The Bertz CT molecular complexity index is 883. The molecule has 0 bridgehead atoms. The zero-order valence-corrected chi connectivity index (χ0v) is 11.5. The van der Waals surface area contributed by atoms with Crippen LogP contribution in [-0.2, 0) is 0 Å². The number of hydrogen-bond donors (Lipinski definition) is 0. The number of aromatic nitrogens is 4. The lowest BCUT2D eigenvalue weighted by Gasteiger charge is -1.95. The Morgan fingerprint density at radius 1 is 1.05 bits per heavy atom. The fourth-order valence-corrected chi connectivity index (χ4v) is 1.97. The SMILES string of the molecule is N#CC(=C=[N-])c1nn(-c2ccccc2)n[n+]1-c1ccccc1. The maximum absolute atomic E-state index is 9.13. The minimum absolute atomic E-state index is 0.0916. The van der Waals surface area contributed by atoms with E-state index in [9.17, 15) is 0 Å². The van der Waals surface area contributed by atoms with Crippen molar-refractivity contribution in [3.8, 4) is 17.4 Å². The number of benzene rings is 2. The summed E-state index contributed by atoms with van der Waals surface area (Å²) in [7, 11) is 0. The van der Waals surface area contributed by atoms with E-state index in [4.69, 9.17) is 10.7 Å². The Hall–Kier alpha value is -3.55. The van der Waals surface area contributed by atoms with Crippen LogP contribution in [-0.4, -0.2) is 21.0 Å². The summed E-state index contributed by atoms with van der Waals surface area (Å²) in [6.07, 6.45) is 0. The monoisotopic (exact) mass is 286 g/mol. The van der Waals surface area contributed by atoms with Crippen LogP contribution < -0.4 is 4.68 Å². The Labute approximate surface area is 126 Å². The molecule has 1 heterocycles. The van der Waals surface area contributed by atoms with Gasteiger partial charge in [0.1, 0.15) is 11.8 Å². The summed E-state index contributed by atoms with van der Waals surface area (Å²) in [5.74, 6) is 2.07. The maximum Gasteiger partial charge on any atom is 0.352 e. The molecule has 0 saturated heterocycles. The van der Waals surface area contributed by atoms with Gasteiger partial charge in [0.25, 0.3) is 0 Å². The van der Waals surface area contributed by atoms with Crippen molar-refractivity contribution >= 4 is 11.4 Å². The molecule has 0 fully saturated rings. The number of nitrogens with zero attached hydrogens (tertiary/aromatic N) is 6. The largest absolute Gasteiger partial charge is 0.762 e. The molecule has 104 valence electrons. The first kappa shape index (κ1) is 13.4. The Morgan fingerprint density at radius 2 is 1.68 bits per heavy atom. The highest BCUT2D eigenvalue weighted by molar-refractivity contribution is 5.95.